The SMILES string of the molecule is COc1ccc(-c2csc3nc(NC(=O)c4ccc5c(c4)CC(=O)N5)nn23)cc1. The number of fused-ring (bicyclic) bond motifs is 2. The molecule has 4 aromatic rings. The van der Waals surface area contributed by atoms with Crippen molar-refractivity contribution in [2.45, 2.75) is 6.42 Å². The van der Waals surface area contributed by atoms with E-state index in [1.165, 1.54) is 11.3 Å². The molecule has 0 unspecified atom stereocenters. The Kier molecular flexibility index (Phi) is 4.02. The number of methoxy groups -OCH3 is 1. The molecule has 0 saturated carbocycles. The van der Waals surface area contributed by atoms with E-state index >= 15 is 0 Å². The van der Waals surface area contributed by atoms with Crippen LogP contribution in [0.15, 0.2) is 47.8 Å². The summed E-state index contributed by atoms with van der Waals surface area (Å²) in [4.78, 5) is 29.2. The van der Waals surface area contributed by atoms with E-state index in [0.717, 1.165) is 28.3 Å². The van der Waals surface area contributed by atoms with Crippen LogP contribution in [0.2, 0.25) is 0 Å². The molecule has 0 saturated heterocycles. The van der Waals surface area contributed by atoms with Gasteiger partial charge in [-0.2, -0.15) is 4.98 Å². The van der Waals surface area contributed by atoms with E-state index in [4.69, 9.17) is 4.74 Å². The van der Waals surface area contributed by atoms with Gasteiger partial charge in [0.05, 0.1) is 19.2 Å². The van der Waals surface area contributed by atoms with Gasteiger partial charge in [0.15, 0.2) is 0 Å². The molecule has 144 valence electrons. The number of carbonyl (C=O) groups is 2. The van der Waals surface area contributed by atoms with Crippen LogP contribution in [0.4, 0.5) is 11.6 Å². The van der Waals surface area contributed by atoms with Crippen LogP contribution in [0.3, 0.4) is 0 Å². The van der Waals surface area contributed by atoms with Crippen LogP contribution in [-0.4, -0.2) is 33.5 Å². The first-order valence-electron chi connectivity index (χ1n) is 8.83. The predicted octanol–water partition coefficient (Wildman–Crippen LogP) is 3.21. The first-order valence-corrected chi connectivity index (χ1v) is 9.71. The molecule has 3 heterocycles. The largest absolute Gasteiger partial charge is 0.497 e. The summed E-state index contributed by atoms with van der Waals surface area (Å²) in [6.45, 7) is 0. The topological polar surface area (TPSA) is 97.6 Å². The highest BCUT2D eigenvalue weighted by Crippen LogP contribution is 2.28. The molecule has 8 nitrogen and oxygen atoms in total. The van der Waals surface area contributed by atoms with Crippen LogP contribution in [0, 0.1) is 0 Å². The van der Waals surface area contributed by atoms with Crippen molar-refractivity contribution in [2.24, 2.45) is 0 Å². The Labute approximate surface area is 169 Å². The molecule has 5 rings (SSSR count). The second kappa shape index (κ2) is 6.71. The van der Waals surface area contributed by atoms with Crippen molar-refractivity contribution >= 4 is 39.7 Å². The number of hydrogen-bond donors (Lipinski definition) is 2. The minimum absolute atomic E-state index is 0.0698. The van der Waals surface area contributed by atoms with E-state index in [2.05, 4.69) is 20.7 Å². The standard InChI is InChI=1S/C20H15N5O3S/c1-28-14-5-2-11(3-6-14)16-10-29-20-23-19(24-25(16)20)22-18(27)12-4-7-15-13(8-12)9-17(26)21-15/h2-8,10H,9H2,1H3,(H,21,26)(H,22,24,27). The monoisotopic (exact) mass is 405 g/mol. The number of hydrogen-bond acceptors (Lipinski definition) is 6. The molecule has 1 aliphatic heterocycles. The first-order chi connectivity index (χ1) is 14.1. The maximum absolute atomic E-state index is 12.6. The maximum atomic E-state index is 12.6. The van der Waals surface area contributed by atoms with E-state index in [0.29, 0.717) is 10.5 Å². The lowest BCUT2D eigenvalue weighted by atomic mass is 10.1. The molecule has 0 bridgehead atoms. The Balaban J connectivity index is 1.40. The quantitative estimate of drug-likeness (QED) is 0.543. The van der Waals surface area contributed by atoms with E-state index in [1.807, 2.05) is 29.6 Å². The van der Waals surface area contributed by atoms with Crippen LogP contribution < -0.4 is 15.4 Å². The summed E-state index contributed by atoms with van der Waals surface area (Å²) < 4.78 is 6.90. The van der Waals surface area contributed by atoms with Crippen LogP contribution >= 0.6 is 11.3 Å². The van der Waals surface area contributed by atoms with E-state index in [1.54, 1.807) is 29.8 Å². The second-order valence-corrected chi connectivity index (χ2v) is 7.37. The number of rotatable bonds is 4. The van der Waals surface area contributed by atoms with Crippen LogP contribution in [-0.2, 0) is 11.2 Å². The average molecular weight is 405 g/mol. The summed E-state index contributed by atoms with van der Waals surface area (Å²) in [6, 6.07) is 12.8. The maximum Gasteiger partial charge on any atom is 0.258 e. The minimum atomic E-state index is -0.323. The fourth-order valence-corrected chi connectivity index (χ4v) is 4.07. The lowest BCUT2D eigenvalue weighted by Gasteiger charge is -2.04. The Bertz CT molecular complexity index is 1260. The zero-order valence-corrected chi connectivity index (χ0v) is 16.1. The fourth-order valence-electron chi connectivity index (χ4n) is 3.24. The number of nitrogens with zero attached hydrogens (tertiary/aromatic N) is 3. The minimum Gasteiger partial charge on any atom is -0.497 e. The van der Waals surface area contributed by atoms with Crippen molar-refractivity contribution in [2.75, 3.05) is 17.7 Å². The van der Waals surface area contributed by atoms with Crippen molar-refractivity contribution in [1.82, 2.24) is 14.6 Å². The molecule has 9 heteroatoms. The molecule has 0 spiro atoms. The zero-order chi connectivity index (χ0) is 20.0. The van der Waals surface area contributed by atoms with Gasteiger partial charge in [-0.1, -0.05) is 0 Å². The van der Waals surface area contributed by atoms with Crippen molar-refractivity contribution in [1.29, 1.82) is 0 Å². The van der Waals surface area contributed by atoms with Crippen LogP contribution in [0.1, 0.15) is 15.9 Å². The molecule has 0 atom stereocenters. The average Bonchev–Trinajstić information content (AvgIpc) is 3.40. The number of benzene rings is 2. The molecular weight excluding hydrogens is 390 g/mol. The summed E-state index contributed by atoms with van der Waals surface area (Å²) in [5.41, 5.74) is 3.85. The van der Waals surface area contributed by atoms with Crippen LogP contribution in [0.5, 0.6) is 5.75 Å². The van der Waals surface area contributed by atoms with Gasteiger partial charge in [-0.3, -0.25) is 14.9 Å². The Morgan fingerprint density at radius 2 is 2.07 bits per heavy atom. The lowest BCUT2D eigenvalue weighted by molar-refractivity contribution is -0.115. The molecule has 0 radical (unpaired) electrons. The molecule has 29 heavy (non-hydrogen) atoms. The Morgan fingerprint density at radius 3 is 2.86 bits per heavy atom. The number of aromatic nitrogens is 3. The normalized spacial score (nSPS) is 12.7. The zero-order valence-electron chi connectivity index (χ0n) is 15.3. The summed E-state index contributed by atoms with van der Waals surface area (Å²) >= 11 is 1.44. The third-order valence-corrected chi connectivity index (χ3v) is 5.50. The van der Waals surface area contributed by atoms with Crippen molar-refractivity contribution in [3.63, 3.8) is 0 Å². The third-order valence-electron chi connectivity index (χ3n) is 4.69. The fraction of sp³-hybridized carbons (Fsp3) is 0.100. The number of thiazole rings is 1. The number of anilines is 2. The Morgan fingerprint density at radius 1 is 1.24 bits per heavy atom. The highest BCUT2D eigenvalue weighted by atomic mass is 32.1. The summed E-state index contributed by atoms with van der Waals surface area (Å²) in [5.74, 6) is 0.611. The van der Waals surface area contributed by atoms with Gasteiger partial charge >= 0.3 is 0 Å². The summed E-state index contributed by atoms with van der Waals surface area (Å²) in [7, 11) is 1.62. The highest BCUT2D eigenvalue weighted by molar-refractivity contribution is 7.15. The van der Waals surface area contributed by atoms with Gasteiger partial charge in [-0.15, -0.1) is 16.4 Å². The molecule has 2 aromatic carbocycles. The molecular formula is C20H15N5O3S. The van der Waals surface area contributed by atoms with Crippen molar-refractivity contribution in [3.8, 4) is 17.0 Å². The first kappa shape index (κ1) is 17.4. The number of ether oxygens (including phenoxy) is 1. The number of amides is 2. The Hall–Kier alpha value is -3.72. The lowest BCUT2D eigenvalue weighted by Crippen LogP contribution is -2.13. The van der Waals surface area contributed by atoms with Gasteiger partial charge in [0, 0.05) is 22.2 Å². The van der Waals surface area contributed by atoms with Gasteiger partial charge in [-0.05, 0) is 48.0 Å². The van der Waals surface area contributed by atoms with Crippen molar-refractivity contribution < 1.29 is 14.3 Å². The molecule has 0 aliphatic carbocycles. The van der Waals surface area contributed by atoms with Gasteiger partial charge in [0.1, 0.15) is 5.75 Å². The summed E-state index contributed by atoms with van der Waals surface area (Å²) in [5, 5.41) is 11.9. The smallest absolute Gasteiger partial charge is 0.258 e. The van der Waals surface area contributed by atoms with Gasteiger partial charge in [0.2, 0.25) is 10.9 Å². The van der Waals surface area contributed by atoms with E-state index in [9.17, 15) is 9.59 Å². The third kappa shape index (κ3) is 3.11. The van der Waals surface area contributed by atoms with Gasteiger partial charge < -0.3 is 10.1 Å². The summed E-state index contributed by atoms with van der Waals surface area (Å²) in [6.07, 6.45) is 0.278. The van der Waals surface area contributed by atoms with Gasteiger partial charge in [-0.25, -0.2) is 4.52 Å². The highest BCUT2D eigenvalue weighted by Gasteiger charge is 2.20. The molecule has 2 N–H and O–H groups in total. The molecule has 0 fully saturated rings. The predicted molar refractivity (Wildman–Crippen MR) is 110 cm³/mol. The van der Waals surface area contributed by atoms with Crippen molar-refractivity contribution in [3.05, 3.63) is 59.0 Å². The van der Waals surface area contributed by atoms with Gasteiger partial charge in [0.25, 0.3) is 11.9 Å². The molecule has 2 aromatic heterocycles. The van der Waals surface area contributed by atoms with E-state index in [-0.39, 0.29) is 24.2 Å². The number of nitrogens with one attached hydrogen (secondary N) is 2. The van der Waals surface area contributed by atoms with Crippen LogP contribution in [0.25, 0.3) is 16.2 Å². The van der Waals surface area contributed by atoms with E-state index < -0.39 is 0 Å². The number of carbonyl (C=O) groups excluding carboxylic acids is 2. The molecule has 2 amide bonds. The second-order valence-electron chi connectivity index (χ2n) is 6.53. The molecule has 1 aliphatic rings.